The number of fused-ring (bicyclic) bond motifs is 3. The molecule has 1 fully saturated rings. The molecule has 74 valence electrons. The van der Waals surface area contributed by atoms with E-state index < -0.39 is 0 Å². The van der Waals surface area contributed by atoms with E-state index >= 15 is 0 Å². The van der Waals surface area contributed by atoms with Crippen LogP contribution in [0.4, 0.5) is 5.69 Å². The quantitative estimate of drug-likeness (QED) is 0.653. The van der Waals surface area contributed by atoms with Crippen LogP contribution >= 0.6 is 0 Å². The minimum Gasteiger partial charge on any atom is -0.380 e. The van der Waals surface area contributed by atoms with Gasteiger partial charge in [0, 0.05) is 23.7 Å². The molecule has 2 nitrogen and oxygen atoms in total. The van der Waals surface area contributed by atoms with Gasteiger partial charge >= 0.3 is 0 Å². The normalized spacial score (nSPS) is 33.7. The van der Waals surface area contributed by atoms with Gasteiger partial charge in [0.25, 0.3) is 0 Å². The van der Waals surface area contributed by atoms with Crippen molar-refractivity contribution in [2.24, 2.45) is 5.73 Å². The average molecular weight is 188 g/mol. The van der Waals surface area contributed by atoms with E-state index in [4.69, 9.17) is 5.73 Å². The zero-order valence-corrected chi connectivity index (χ0v) is 8.46. The van der Waals surface area contributed by atoms with Crippen LogP contribution in [-0.4, -0.2) is 12.1 Å². The van der Waals surface area contributed by atoms with Crippen molar-refractivity contribution >= 4 is 5.69 Å². The lowest BCUT2D eigenvalue weighted by Crippen LogP contribution is -2.35. The van der Waals surface area contributed by atoms with E-state index in [2.05, 4.69) is 30.4 Å². The van der Waals surface area contributed by atoms with Crippen LogP contribution in [0.1, 0.15) is 29.9 Å². The number of anilines is 1. The lowest BCUT2D eigenvalue weighted by atomic mass is 9.96. The number of nitrogens with one attached hydrogen (secondary N) is 1. The molecule has 0 aromatic heterocycles. The second kappa shape index (κ2) is 2.74. The second-order valence-corrected chi connectivity index (χ2v) is 4.56. The van der Waals surface area contributed by atoms with E-state index in [0.29, 0.717) is 18.0 Å². The molecule has 3 rings (SSSR count). The summed E-state index contributed by atoms with van der Waals surface area (Å²) < 4.78 is 0. The van der Waals surface area contributed by atoms with Crippen molar-refractivity contribution in [2.75, 3.05) is 5.32 Å². The molecule has 14 heavy (non-hydrogen) atoms. The predicted octanol–water partition coefficient (Wildman–Crippen LogP) is 1.99. The fourth-order valence-electron chi connectivity index (χ4n) is 2.95. The molecule has 3 unspecified atom stereocenters. The number of aryl methyl sites for hydroxylation is 1. The summed E-state index contributed by atoms with van der Waals surface area (Å²) in [4.78, 5) is 0. The smallest absolute Gasteiger partial charge is 0.0481 e. The molecule has 0 bridgehead atoms. The number of benzene rings is 1. The molecule has 0 spiro atoms. The molecule has 3 atom stereocenters. The summed E-state index contributed by atoms with van der Waals surface area (Å²) in [5.74, 6) is 0.667. The molecule has 0 saturated heterocycles. The van der Waals surface area contributed by atoms with Gasteiger partial charge in [-0.05, 0) is 30.9 Å². The van der Waals surface area contributed by atoms with Crippen LogP contribution in [-0.2, 0) is 0 Å². The molecule has 1 aromatic carbocycles. The van der Waals surface area contributed by atoms with Gasteiger partial charge in [0.1, 0.15) is 0 Å². The van der Waals surface area contributed by atoms with Gasteiger partial charge < -0.3 is 11.1 Å². The molecule has 1 aliphatic heterocycles. The van der Waals surface area contributed by atoms with Crippen LogP contribution in [0.3, 0.4) is 0 Å². The third kappa shape index (κ3) is 0.947. The fourth-order valence-corrected chi connectivity index (χ4v) is 2.95. The highest BCUT2D eigenvalue weighted by atomic mass is 15.0. The minimum atomic E-state index is 0.340. The summed E-state index contributed by atoms with van der Waals surface area (Å²) in [6.07, 6.45) is 2.41. The van der Waals surface area contributed by atoms with Gasteiger partial charge in [-0.2, -0.15) is 0 Å². The Bertz CT molecular complexity index is 373. The van der Waals surface area contributed by atoms with Crippen LogP contribution in [0.25, 0.3) is 0 Å². The van der Waals surface area contributed by atoms with Crippen molar-refractivity contribution in [2.45, 2.75) is 37.8 Å². The van der Waals surface area contributed by atoms with Gasteiger partial charge in [0.05, 0.1) is 0 Å². The number of nitrogens with two attached hydrogens (primary N) is 1. The molecule has 3 N–H and O–H groups in total. The van der Waals surface area contributed by atoms with Crippen LogP contribution in [0.15, 0.2) is 18.2 Å². The molecule has 0 radical (unpaired) electrons. The zero-order chi connectivity index (χ0) is 9.71. The van der Waals surface area contributed by atoms with E-state index in [9.17, 15) is 0 Å². The molecule has 1 heterocycles. The molecule has 0 amide bonds. The van der Waals surface area contributed by atoms with E-state index in [0.717, 1.165) is 6.42 Å². The van der Waals surface area contributed by atoms with E-state index in [1.165, 1.54) is 23.2 Å². The Hall–Kier alpha value is -1.02. The molecular formula is C12H16N2. The Morgan fingerprint density at radius 2 is 2.21 bits per heavy atom. The first-order chi connectivity index (χ1) is 6.77. The van der Waals surface area contributed by atoms with E-state index in [1.54, 1.807) is 0 Å². The third-order valence-corrected chi connectivity index (χ3v) is 3.72. The third-order valence-electron chi connectivity index (χ3n) is 3.72. The lowest BCUT2D eigenvalue weighted by Gasteiger charge is -2.15. The maximum absolute atomic E-state index is 6.09. The summed E-state index contributed by atoms with van der Waals surface area (Å²) in [6, 6.07) is 7.40. The van der Waals surface area contributed by atoms with Crippen LogP contribution < -0.4 is 11.1 Å². The van der Waals surface area contributed by atoms with E-state index in [-0.39, 0.29) is 0 Å². The standard InChI is InChI=1S/C12H16N2/c1-7-3-2-4-8-9-5-6-10(13)12(9)14-11(7)8/h2-4,9-10,12,14H,5-6,13H2,1H3. The first kappa shape index (κ1) is 8.30. The van der Waals surface area contributed by atoms with Crippen LogP contribution in [0.2, 0.25) is 0 Å². The predicted molar refractivity (Wildman–Crippen MR) is 58.5 cm³/mol. The minimum absolute atomic E-state index is 0.340. The van der Waals surface area contributed by atoms with Crippen molar-refractivity contribution in [1.29, 1.82) is 0 Å². The number of para-hydroxylation sites is 1. The Kier molecular flexibility index (Phi) is 1.62. The highest BCUT2D eigenvalue weighted by Gasteiger charge is 2.40. The Morgan fingerprint density at radius 1 is 1.36 bits per heavy atom. The summed E-state index contributed by atoms with van der Waals surface area (Å²) in [5.41, 5.74) is 10.3. The van der Waals surface area contributed by atoms with Crippen molar-refractivity contribution in [1.82, 2.24) is 0 Å². The Morgan fingerprint density at radius 3 is 3.07 bits per heavy atom. The molecule has 2 aliphatic rings. The first-order valence-corrected chi connectivity index (χ1v) is 5.39. The van der Waals surface area contributed by atoms with Crippen LogP contribution in [0, 0.1) is 6.92 Å². The highest BCUT2D eigenvalue weighted by Crippen LogP contribution is 2.45. The monoisotopic (exact) mass is 188 g/mol. The van der Waals surface area contributed by atoms with Crippen molar-refractivity contribution < 1.29 is 0 Å². The fraction of sp³-hybridized carbons (Fsp3) is 0.500. The number of hydrogen-bond donors (Lipinski definition) is 2. The van der Waals surface area contributed by atoms with Crippen molar-refractivity contribution in [3.8, 4) is 0 Å². The molecule has 1 saturated carbocycles. The summed E-state index contributed by atoms with van der Waals surface area (Å²) in [5, 5.41) is 3.59. The second-order valence-electron chi connectivity index (χ2n) is 4.56. The highest BCUT2D eigenvalue weighted by molar-refractivity contribution is 5.65. The van der Waals surface area contributed by atoms with Crippen LogP contribution in [0.5, 0.6) is 0 Å². The number of hydrogen-bond acceptors (Lipinski definition) is 2. The summed E-state index contributed by atoms with van der Waals surface area (Å²) in [6.45, 7) is 2.17. The van der Waals surface area contributed by atoms with Gasteiger partial charge in [-0.15, -0.1) is 0 Å². The van der Waals surface area contributed by atoms with Gasteiger partial charge in [0.15, 0.2) is 0 Å². The average Bonchev–Trinajstić information content (AvgIpc) is 2.69. The molecular weight excluding hydrogens is 172 g/mol. The zero-order valence-electron chi connectivity index (χ0n) is 8.46. The van der Waals surface area contributed by atoms with Gasteiger partial charge in [-0.1, -0.05) is 18.2 Å². The Balaban J connectivity index is 2.08. The van der Waals surface area contributed by atoms with E-state index in [1.807, 2.05) is 0 Å². The van der Waals surface area contributed by atoms with Gasteiger partial charge in [0.2, 0.25) is 0 Å². The largest absolute Gasteiger partial charge is 0.380 e. The van der Waals surface area contributed by atoms with Crippen molar-refractivity contribution in [3.05, 3.63) is 29.3 Å². The van der Waals surface area contributed by atoms with Gasteiger partial charge in [-0.3, -0.25) is 0 Å². The molecule has 1 aliphatic carbocycles. The maximum atomic E-state index is 6.09. The SMILES string of the molecule is Cc1cccc2c1NC1C(N)CCC21. The molecule has 1 aromatic rings. The molecule has 2 heteroatoms. The summed E-state index contributed by atoms with van der Waals surface area (Å²) >= 11 is 0. The van der Waals surface area contributed by atoms with Crippen molar-refractivity contribution in [3.63, 3.8) is 0 Å². The Labute approximate surface area is 84.5 Å². The first-order valence-electron chi connectivity index (χ1n) is 5.39. The van der Waals surface area contributed by atoms with Gasteiger partial charge in [-0.25, -0.2) is 0 Å². The maximum Gasteiger partial charge on any atom is 0.0481 e. The number of rotatable bonds is 0. The topological polar surface area (TPSA) is 38.0 Å². The summed E-state index contributed by atoms with van der Waals surface area (Å²) in [7, 11) is 0. The lowest BCUT2D eigenvalue weighted by molar-refractivity contribution is 0.620.